The molecule has 1 aliphatic carbocycles. The Labute approximate surface area is 183 Å². The van der Waals surface area contributed by atoms with E-state index in [0.717, 1.165) is 55.4 Å². The van der Waals surface area contributed by atoms with Crippen molar-refractivity contribution in [2.24, 2.45) is 11.8 Å². The van der Waals surface area contributed by atoms with Crippen LogP contribution in [0, 0.1) is 11.8 Å². The average Bonchev–Trinajstić information content (AvgIpc) is 3.32. The first-order valence-corrected chi connectivity index (χ1v) is 11.3. The highest BCUT2D eigenvalue weighted by molar-refractivity contribution is 5.87. The fraction of sp³-hybridized carbons (Fsp3) is 0.423. The molecule has 1 aromatic heterocycles. The Balaban J connectivity index is 1.20. The van der Waals surface area contributed by atoms with E-state index in [1.54, 1.807) is 12.1 Å². The molecule has 31 heavy (non-hydrogen) atoms. The molecule has 2 fully saturated rings. The van der Waals surface area contributed by atoms with Gasteiger partial charge in [0.2, 0.25) is 0 Å². The van der Waals surface area contributed by atoms with Gasteiger partial charge in [-0.25, -0.2) is 0 Å². The highest BCUT2D eigenvalue weighted by Gasteiger charge is 2.42. The zero-order valence-electron chi connectivity index (χ0n) is 17.7. The zero-order chi connectivity index (χ0) is 21.2. The Morgan fingerprint density at radius 1 is 1.03 bits per heavy atom. The van der Waals surface area contributed by atoms with Gasteiger partial charge in [0.05, 0.1) is 6.10 Å². The van der Waals surface area contributed by atoms with Crippen molar-refractivity contribution in [2.45, 2.75) is 31.3 Å². The summed E-state index contributed by atoms with van der Waals surface area (Å²) >= 11 is 0. The first-order valence-electron chi connectivity index (χ1n) is 11.3. The van der Waals surface area contributed by atoms with Crippen molar-refractivity contribution in [1.82, 2.24) is 9.88 Å². The summed E-state index contributed by atoms with van der Waals surface area (Å²) in [6.07, 6.45) is 6.95. The molecular weight excluding hydrogens is 388 g/mol. The highest BCUT2D eigenvalue weighted by Crippen LogP contribution is 2.41. The molecule has 2 N–H and O–H groups in total. The standard InChI is InChI=1S/C26H30N2O3/c29-11-9-20(18-4-6-23(30)7-5-18)15-28-16-21-12-24(13-22(21)17-28)31-26-3-1-2-19-14-27-10-8-25(19)26/h1-8,10,14,20-22,24,29-30H,9,11-13,15-17H2/t20?,21-,22+,24+. The molecule has 5 rings (SSSR count). The highest BCUT2D eigenvalue weighted by atomic mass is 16.5. The molecule has 2 heterocycles. The van der Waals surface area contributed by atoms with Gasteiger partial charge in [-0.15, -0.1) is 0 Å². The number of hydrogen-bond donors (Lipinski definition) is 2. The summed E-state index contributed by atoms with van der Waals surface area (Å²) in [6, 6.07) is 15.7. The van der Waals surface area contributed by atoms with Crippen LogP contribution >= 0.6 is 0 Å². The summed E-state index contributed by atoms with van der Waals surface area (Å²) in [6.45, 7) is 3.34. The second kappa shape index (κ2) is 8.85. The fourth-order valence-electron chi connectivity index (χ4n) is 5.54. The number of ether oxygens (including phenoxy) is 1. The monoisotopic (exact) mass is 418 g/mol. The van der Waals surface area contributed by atoms with Gasteiger partial charge >= 0.3 is 0 Å². The summed E-state index contributed by atoms with van der Waals surface area (Å²) in [5.41, 5.74) is 1.19. The number of aliphatic hydroxyl groups is 1. The van der Waals surface area contributed by atoms with E-state index in [1.807, 2.05) is 36.7 Å². The Kier molecular flexibility index (Phi) is 5.79. The SMILES string of the molecule is OCCC(CN1C[C@H]2C[C@H](Oc3cccc4cnccc34)C[C@H]2C1)c1ccc(O)cc1. The van der Waals surface area contributed by atoms with Gasteiger partial charge in [-0.3, -0.25) is 4.98 Å². The first kappa shape index (κ1) is 20.3. The molecule has 5 nitrogen and oxygen atoms in total. The van der Waals surface area contributed by atoms with E-state index in [2.05, 4.69) is 22.0 Å². The van der Waals surface area contributed by atoms with Crippen LogP contribution in [0.3, 0.4) is 0 Å². The molecule has 1 aliphatic heterocycles. The van der Waals surface area contributed by atoms with E-state index in [1.165, 1.54) is 5.56 Å². The molecule has 162 valence electrons. The summed E-state index contributed by atoms with van der Waals surface area (Å²) in [5.74, 6) is 2.90. The van der Waals surface area contributed by atoms with Crippen LogP contribution in [0.5, 0.6) is 11.5 Å². The second-order valence-corrected chi connectivity index (χ2v) is 9.10. The lowest BCUT2D eigenvalue weighted by Crippen LogP contribution is -2.29. The predicted octanol–water partition coefficient (Wildman–Crippen LogP) is 4.20. The lowest BCUT2D eigenvalue weighted by Gasteiger charge is -2.25. The lowest BCUT2D eigenvalue weighted by molar-refractivity contribution is 0.183. The maximum absolute atomic E-state index is 9.58. The van der Waals surface area contributed by atoms with Gasteiger partial charge in [0.25, 0.3) is 0 Å². The molecule has 1 saturated heterocycles. The average molecular weight is 419 g/mol. The molecule has 0 spiro atoms. The van der Waals surface area contributed by atoms with Crippen LogP contribution in [0.4, 0.5) is 0 Å². The number of pyridine rings is 1. The number of aromatic hydroxyl groups is 1. The molecule has 0 amide bonds. The van der Waals surface area contributed by atoms with Gasteiger partial charge in [-0.1, -0.05) is 24.3 Å². The largest absolute Gasteiger partial charge is 0.508 e. The second-order valence-electron chi connectivity index (χ2n) is 9.10. The van der Waals surface area contributed by atoms with Crippen molar-refractivity contribution in [3.8, 4) is 11.5 Å². The molecule has 3 aromatic rings. The lowest BCUT2D eigenvalue weighted by atomic mass is 9.95. The fourth-order valence-corrected chi connectivity index (χ4v) is 5.54. The maximum atomic E-state index is 9.58. The molecule has 1 saturated carbocycles. The topological polar surface area (TPSA) is 65.8 Å². The summed E-state index contributed by atoms with van der Waals surface area (Å²) in [7, 11) is 0. The van der Waals surface area contributed by atoms with Crippen LogP contribution in [-0.2, 0) is 0 Å². The number of phenols is 1. The minimum atomic E-state index is 0.183. The Hall–Kier alpha value is -2.63. The van der Waals surface area contributed by atoms with E-state index in [0.29, 0.717) is 17.8 Å². The van der Waals surface area contributed by atoms with Crippen molar-refractivity contribution in [3.63, 3.8) is 0 Å². The van der Waals surface area contributed by atoms with E-state index >= 15 is 0 Å². The summed E-state index contributed by atoms with van der Waals surface area (Å²) < 4.78 is 6.46. The number of aromatic nitrogens is 1. The summed E-state index contributed by atoms with van der Waals surface area (Å²) in [4.78, 5) is 6.77. The number of hydrogen-bond acceptors (Lipinski definition) is 5. The molecule has 1 unspecified atom stereocenters. The van der Waals surface area contributed by atoms with E-state index in [9.17, 15) is 10.2 Å². The Morgan fingerprint density at radius 3 is 2.55 bits per heavy atom. The van der Waals surface area contributed by atoms with Gasteiger partial charge in [0.15, 0.2) is 0 Å². The molecule has 2 aromatic carbocycles. The van der Waals surface area contributed by atoms with Crippen LogP contribution in [-0.4, -0.2) is 52.4 Å². The normalized spacial score (nSPS) is 24.4. The predicted molar refractivity (Wildman–Crippen MR) is 121 cm³/mol. The minimum absolute atomic E-state index is 0.183. The van der Waals surface area contributed by atoms with Crippen LogP contribution in [0.1, 0.15) is 30.7 Å². The molecule has 0 radical (unpaired) electrons. The van der Waals surface area contributed by atoms with Gasteiger partial charge in [0, 0.05) is 49.4 Å². The van der Waals surface area contributed by atoms with Gasteiger partial charge in [0.1, 0.15) is 11.5 Å². The number of phenolic OH excluding ortho intramolecular Hbond substituents is 1. The van der Waals surface area contributed by atoms with Crippen molar-refractivity contribution < 1.29 is 14.9 Å². The van der Waals surface area contributed by atoms with Crippen LogP contribution in [0.15, 0.2) is 60.9 Å². The number of likely N-dealkylation sites (tertiary alicyclic amines) is 1. The van der Waals surface area contributed by atoms with Crippen LogP contribution in [0.2, 0.25) is 0 Å². The molecular formula is C26H30N2O3. The van der Waals surface area contributed by atoms with Gasteiger partial charge in [-0.05, 0) is 66.8 Å². The molecule has 0 bridgehead atoms. The Morgan fingerprint density at radius 2 is 1.81 bits per heavy atom. The number of rotatable bonds is 7. The first-order chi connectivity index (χ1) is 15.2. The maximum Gasteiger partial charge on any atom is 0.127 e. The molecule has 4 atom stereocenters. The van der Waals surface area contributed by atoms with Crippen molar-refractivity contribution in [1.29, 1.82) is 0 Å². The number of fused-ring (bicyclic) bond motifs is 2. The smallest absolute Gasteiger partial charge is 0.127 e. The van der Waals surface area contributed by atoms with E-state index in [4.69, 9.17) is 4.74 Å². The molecule has 5 heteroatoms. The van der Waals surface area contributed by atoms with Crippen molar-refractivity contribution in [3.05, 3.63) is 66.5 Å². The third-order valence-electron chi connectivity index (χ3n) is 7.04. The van der Waals surface area contributed by atoms with E-state index < -0.39 is 0 Å². The third kappa shape index (κ3) is 4.39. The molecule has 2 aliphatic rings. The van der Waals surface area contributed by atoms with Crippen molar-refractivity contribution in [2.75, 3.05) is 26.2 Å². The summed E-state index contributed by atoms with van der Waals surface area (Å²) in [5, 5.41) is 21.4. The minimum Gasteiger partial charge on any atom is -0.508 e. The quantitative estimate of drug-likeness (QED) is 0.602. The Bertz CT molecular complexity index is 1000. The number of aliphatic hydroxyl groups excluding tert-OH is 1. The van der Waals surface area contributed by atoms with Gasteiger partial charge in [-0.2, -0.15) is 0 Å². The van der Waals surface area contributed by atoms with E-state index in [-0.39, 0.29) is 18.5 Å². The van der Waals surface area contributed by atoms with Crippen LogP contribution < -0.4 is 4.74 Å². The zero-order valence-corrected chi connectivity index (χ0v) is 17.7. The van der Waals surface area contributed by atoms with Gasteiger partial charge < -0.3 is 19.8 Å². The number of benzene rings is 2. The number of nitrogens with zero attached hydrogens (tertiary/aromatic N) is 2. The van der Waals surface area contributed by atoms with Crippen molar-refractivity contribution >= 4 is 10.8 Å². The third-order valence-corrected chi connectivity index (χ3v) is 7.04. The van der Waals surface area contributed by atoms with Crippen LogP contribution in [0.25, 0.3) is 10.8 Å².